The monoisotopic (exact) mass is 268 g/mol. The van der Waals surface area contributed by atoms with Crippen molar-refractivity contribution in [2.75, 3.05) is 18.1 Å². The van der Waals surface area contributed by atoms with Gasteiger partial charge in [-0.2, -0.15) is 0 Å². The van der Waals surface area contributed by atoms with Crippen LogP contribution < -0.4 is 11.1 Å². The Balaban J connectivity index is 3.02. The highest BCUT2D eigenvalue weighted by Gasteiger charge is 2.14. The van der Waals surface area contributed by atoms with Crippen molar-refractivity contribution in [2.24, 2.45) is 11.1 Å². The molecule has 2 nitrogen and oxygen atoms in total. The molecule has 3 N–H and O–H groups in total. The van der Waals surface area contributed by atoms with E-state index in [-0.39, 0.29) is 5.41 Å². The first kappa shape index (κ1) is 14.3. The SMILES string of the molecule is CSc1cccc(NCC(C)(C)C)c1C(N)=S. The van der Waals surface area contributed by atoms with Crippen molar-refractivity contribution in [3.63, 3.8) is 0 Å². The number of thiocarbonyl (C=S) groups is 1. The third-order valence-corrected chi connectivity index (χ3v) is 3.29. The van der Waals surface area contributed by atoms with Gasteiger partial charge in [-0.15, -0.1) is 11.8 Å². The number of hydrogen-bond donors (Lipinski definition) is 2. The van der Waals surface area contributed by atoms with E-state index in [1.165, 1.54) is 0 Å². The van der Waals surface area contributed by atoms with Crippen molar-refractivity contribution in [2.45, 2.75) is 25.7 Å². The summed E-state index contributed by atoms with van der Waals surface area (Å²) < 4.78 is 0. The van der Waals surface area contributed by atoms with Gasteiger partial charge in [-0.1, -0.05) is 39.1 Å². The predicted molar refractivity (Wildman–Crippen MR) is 82.1 cm³/mol. The molecule has 0 aromatic heterocycles. The van der Waals surface area contributed by atoms with Crippen LogP contribution in [0.2, 0.25) is 0 Å². The quantitative estimate of drug-likeness (QED) is 0.647. The molecule has 4 heteroatoms. The van der Waals surface area contributed by atoms with Crippen LogP contribution in [-0.4, -0.2) is 17.8 Å². The van der Waals surface area contributed by atoms with Crippen LogP contribution in [-0.2, 0) is 0 Å². The van der Waals surface area contributed by atoms with Gasteiger partial charge in [0.1, 0.15) is 4.99 Å². The Morgan fingerprint density at radius 1 is 1.41 bits per heavy atom. The molecule has 0 spiro atoms. The average Bonchev–Trinajstić information content (AvgIpc) is 2.24. The maximum atomic E-state index is 5.81. The largest absolute Gasteiger partial charge is 0.389 e. The molecule has 94 valence electrons. The van der Waals surface area contributed by atoms with Crippen LogP contribution >= 0.6 is 24.0 Å². The van der Waals surface area contributed by atoms with Gasteiger partial charge in [0.15, 0.2) is 0 Å². The highest BCUT2D eigenvalue weighted by Crippen LogP contribution is 2.28. The standard InChI is InChI=1S/C13H20N2S2/c1-13(2,3)8-15-9-6-5-7-10(17-4)11(9)12(14)16/h5-7,15H,8H2,1-4H3,(H2,14,16). The summed E-state index contributed by atoms with van der Waals surface area (Å²) in [6, 6.07) is 6.10. The van der Waals surface area contributed by atoms with Gasteiger partial charge in [0.05, 0.1) is 0 Å². The zero-order valence-electron chi connectivity index (χ0n) is 10.8. The summed E-state index contributed by atoms with van der Waals surface area (Å²) in [7, 11) is 0. The highest BCUT2D eigenvalue weighted by atomic mass is 32.2. The second-order valence-electron chi connectivity index (χ2n) is 5.16. The Bertz CT molecular complexity index is 408. The van der Waals surface area contributed by atoms with E-state index < -0.39 is 0 Å². The summed E-state index contributed by atoms with van der Waals surface area (Å²) in [5.74, 6) is 0. The Labute approximate surface area is 113 Å². The number of nitrogens with one attached hydrogen (secondary N) is 1. The first-order chi connectivity index (χ1) is 7.85. The fraction of sp³-hybridized carbons (Fsp3) is 0.462. The van der Waals surface area contributed by atoms with Crippen LogP contribution in [0.15, 0.2) is 23.1 Å². The number of hydrogen-bond acceptors (Lipinski definition) is 3. The van der Waals surface area contributed by atoms with Crippen LogP contribution in [0.1, 0.15) is 26.3 Å². The molecule has 0 aliphatic carbocycles. The second-order valence-corrected chi connectivity index (χ2v) is 6.45. The van der Waals surface area contributed by atoms with Crippen molar-refractivity contribution in [3.05, 3.63) is 23.8 Å². The Morgan fingerprint density at radius 2 is 2.06 bits per heavy atom. The van der Waals surface area contributed by atoms with E-state index in [1.54, 1.807) is 11.8 Å². The molecule has 17 heavy (non-hydrogen) atoms. The van der Waals surface area contributed by atoms with Gasteiger partial charge in [-0.25, -0.2) is 0 Å². The number of anilines is 1. The Morgan fingerprint density at radius 3 is 2.53 bits per heavy atom. The lowest BCUT2D eigenvalue weighted by molar-refractivity contribution is 0.443. The Kier molecular flexibility index (Phi) is 4.83. The number of thioether (sulfide) groups is 1. The number of rotatable bonds is 4. The minimum atomic E-state index is 0.225. The van der Waals surface area contributed by atoms with Crippen molar-refractivity contribution in [3.8, 4) is 0 Å². The molecular weight excluding hydrogens is 248 g/mol. The first-order valence-corrected chi connectivity index (χ1v) is 7.19. The average molecular weight is 268 g/mol. The van der Waals surface area contributed by atoms with Crippen molar-refractivity contribution < 1.29 is 0 Å². The molecule has 0 heterocycles. The van der Waals surface area contributed by atoms with Gasteiger partial charge in [0, 0.05) is 22.7 Å². The smallest absolute Gasteiger partial charge is 0.107 e. The summed E-state index contributed by atoms with van der Waals surface area (Å²) >= 11 is 6.80. The molecule has 1 aromatic carbocycles. The molecule has 0 atom stereocenters. The van der Waals surface area contributed by atoms with Crippen LogP contribution in [0.25, 0.3) is 0 Å². The summed E-state index contributed by atoms with van der Waals surface area (Å²) in [5, 5.41) is 3.43. The van der Waals surface area contributed by atoms with Crippen molar-refractivity contribution in [1.82, 2.24) is 0 Å². The molecular formula is C13H20N2S2. The first-order valence-electron chi connectivity index (χ1n) is 5.56. The molecule has 0 saturated carbocycles. The van der Waals surface area contributed by atoms with Gasteiger partial charge in [0.2, 0.25) is 0 Å². The zero-order chi connectivity index (χ0) is 13.1. The maximum Gasteiger partial charge on any atom is 0.107 e. The second kappa shape index (κ2) is 5.74. The molecule has 0 bridgehead atoms. The molecule has 0 saturated heterocycles. The van der Waals surface area contributed by atoms with E-state index in [4.69, 9.17) is 18.0 Å². The van der Waals surface area contributed by atoms with Gasteiger partial charge in [-0.3, -0.25) is 0 Å². The zero-order valence-corrected chi connectivity index (χ0v) is 12.5. The maximum absolute atomic E-state index is 5.81. The van der Waals surface area contributed by atoms with E-state index in [1.807, 2.05) is 24.5 Å². The highest BCUT2D eigenvalue weighted by molar-refractivity contribution is 7.98. The summed E-state index contributed by atoms with van der Waals surface area (Å²) in [4.78, 5) is 1.57. The number of nitrogens with two attached hydrogens (primary N) is 1. The summed E-state index contributed by atoms with van der Waals surface area (Å²) in [6.45, 7) is 7.47. The lowest BCUT2D eigenvalue weighted by Gasteiger charge is -2.21. The molecule has 0 aliphatic rings. The normalized spacial score (nSPS) is 11.3. The Hall–Kier alpha value is -0.740. The van der Waals surface area contributed by atoms with E-state index in [0.29, 0.717) is 4.99 Å². The lowest BCUT2D eigenvalue weighted by atomic mass is 9.96. The fourth-order valence-corrected chi connectivity index (χ4v) is 2.39. The van der Waals surface area contributed by atoms with E-state index in [2.05, 4.69) is 26.1 Å². The van der Waals surface area contributed by atoms with Crippen molar-refractivity contribution in [1.29, 1.82) is 0 Å². The van der Waals surface area contributed by atoms with Crippen molar-refractivity contribution >= 4 is 34.7 Å². The van der Waals surface area contributed by atoms with Crippen LogP contribution in [0.3, 0.4) is 0 Å². The molecule has 1 aromatic rings. The van der Waals surface area contributed by atoms with Gasteiger partial charge < -0.3 is 11.1 Å². The third kappa shape index (κ3) is 4.21. The predicted octanol–water partition coefficient (Wildman–Crippen LogP) is 3.50. The lowest BCUT2D eigenvalue weighted by Crippen LogP contribution is -2.21. The molecule has 0 radical (unpaired) electrons. The van der Waals surface area contributed by atoms with E-state index >= 15 is 0 Å². The van der Waals surface area contributed by atoms with E-state index in [9.17, 15) is 0 Å². The van der Waals surface area contributed by atoms with Crippen LogP contribution in [0.4, 0.5) is 5.69 Å². The van der Waals surface area contributed by atoms with Gasteiger partial charge in [-0.05, 0) is 23.8 Å². The summed E-state index contributed by atoms with van der Waals surface area (Å²) in [6.07, 6.45) is 2.03. The molecule has 0 fully saturated rings. The van der Waals surface area contributed by atoms with E-state index in [0.717, 1.165) is 22.7 Å². The van der Waals surface area contributed by atoms with Gasteiger partial charge >= 0.3 is 0 Å². The minimum Gasteiger partial charge on any atom is -0.389 e. The van der Waals surface area contributed by atoms with Gasteiger partial charge in [0.25, 0.3) is 0 Å². The van der Waals surface area contributed by atoms with Crippen LogP contribution in [0, 0.1) is 5.41 Å². The minimum absolute atomic E-state index is 0.225. The third-order valence-electron chi connectivity index (χ3n) is 2.30. The molecule has 0 amide bonds. The molecule has 0 aliphatic heterocycles. The summed E-state index contributed by atoms with van der Waals surface area (Å²) in [5.41, 5.74) is 8.02. The van der Waals surface area contributed by atoms with Crippen LogP contribution in [0.5, 0.6) is 0 Å². The molecule has 0 unspecified atom stereocenters. The topological polar surface area (TPSA) is 38.0 Å². The fourth-order valence-electron chi connectivity index (χ4n) is 1.46. The number of benzene rings is 1. The molecule has 1 rings (SSSR count).